The number of aliphatic hydroxyl groups excluding tert-OH is 1. The number of hydrogen-bond acceptors (Lipinski definition) is 38. The van der Waals surface area contributed by atoms with Crippen LogP contribution in [0.15, 0.2) is 232 Å². The third kappa shape index (κ3) is 21.2. The molecule has 14 N–H and O–H groups in total. The first-order valence-corrected chi connectivity index (χ1v) is 41.0. The lowest BCUT2D eigenvalue weighted by atomic mass is 10.0. The van der Waals surface area contributed by atoms with Crippen LogP contribution >= 0.6 is 0 Å². The van der Waals surface area contributed by atoms with Crippen LogP contribution in [0.1, 0.15) is 11.1 Å². The number of nitrogens with zero attached hydrogens (tertiary/aromatic N) is 10. The van der Waals surface area contributed by atoms with Crippen LogP contribution < -0.4 is 11.1 Å². The molecule has 0 amide bonds. The van der Waals surface area contributed by atoms with E-state index < -0.39 is 174 Å². The van der Waals surface area contributed by atoms with Crippen molar-refractivity contribution in [1.29, 1.82) is 0 Å². The van der Waals surface area contributed by atoms with Gasteiger partial charge in [-0.2, -0.15) is 60.7 Å². The van der Waals surface area contributed by atoms with Gasteiger partial charge in [0, 0.05) is 44.2 Å². The van der Waals surface area contributed by atoms with Crippen LogP contribution in [-0.2, 0) is 99.1 Å². The molecule has 0 unspecified atom stereocenters. The molecule has 590 valence electrons. The van der Waals surface area contributed by atoms with Crippen LogP contribution in [0, 0.1) is 6.92 Å². The summed E-state index contributed by atoms with van der Waals surface area (Å²) in [5.41, 5.74) is 2.16. The third-order valence-electron chi connectivity index (χ3n) is 14.9. The molecule has 0 atom stereocenters. The number of azo groups is 5. The Balaban J connectivity index is 0.00000124. The van der Waals surface area contributed by atoms with E-state index in [1.165, 1.54) is 91.9 Å². The second-order valence-corrected chi connectivity index (χ2v) is 31.7. The Morgan fingerprint density at radius 2 is 0.858 bits per heavy atom. The first-order chi connectivity index (χ1) is 52.5. The maximum Gasteiger partial charge on any atom is 0.425 e. The molecule has 0 fully saturated rings. The van der Waals surface area contributed by atoms with E-state index in [1.54, 1.807) is 0 Å². The topological polar surface area (TPSA) is 743 Å². The Hall–Kier alpha value is -12.5. The molecule has 0 aliphatic rings. The Labute approximate surface area is 637 Å². The van der Waals surface area contributed by atoms with Crippen molar-refractivity contribution in [3.63, 3.8) is 0 Å². The summed E-state index contributed by atoms with van der Waals surface area (Å²) in [5, 5.41) is 97.9. The molecule has 0 spiro atoms. The number of benzene rings is 11. The minimum Gasteiger partial charge on any atom is -0.507 e. The average Bonchev–Trinajstić information content (AvgIpc) is 0.742. The highest BCUT2D eigenvalue weighted by atomic mass is 32.2. The van der Waals surface area contributed by atoms with Crippen LogP contribution in [-0.4, -0.2) is 141 Å². The van der Waals surface area contributed by atoms with Gasteiger partial charge in [0.05, 0.1) is 55.9 Å². The van der Waals surface area contributed by atoms with Crippen molar-refractivity contribution in [2.24, 2.45) is 51.1 Å². The number of nitrogens with two attached hydrogens (primary N) is 1. The summed E-state index contributed by atoms with van der Waals surface area (Å²) >= 11 is 0. The second kappa shape index (κ2) is 34.0. The molecule has 44 nitrogen and oxygen atoms in total. The Bertz CT molecular complexity index is 7040. The molecule has 0 saturated carbocycles. The van der Waals surface area contributed by atoms with E-state index in [4.69, 9.17) is 43.6 Å². The lowest BCUT2D eigenvalue weighted by Gasteiger charge is -2.15. The molecule has 0 aromatic heterocycles. The van der Waals surface area contributed by atoms with Crippen molar-refractivity contribution in [3.8, 4) is 23.0 Å². The number of phenolic OH excluding ortho intramolecular Hbond substituents is 4. The lowest BCUT2D eigenvalue weighted by molar-refractivity contribution is 0.282. The van der Waals surface area contributed by atoms with Gasteiger partial charge in [-0.3, -0.25) is 27.3 Å². The predicted molar refractivity (Wildman–Crippen MR) is 389 cm³/mol. The predicted octanol–water partition coefficient (Wildman–Crippen LogP) is 10.8. The number of aryl methyl sites for hydroxylation is 1. The van der Waals surface area contributed by atoms with Crippen molar-refractivity contribution in [1.82, 2.24) is 0 Å². The largest absolute Gasteiger partial charge is 0.507 e. The van der Waals surface area contributed by atoms with Crippen molar-refractivity contribution >= 4 is 210 Å². The van der Waals surface area contributed by atoms with E-state index >= 15 is 0 Å². The van der Waals surface area contributed by atoms with E-state index in [2.05, 4.69) is 56.5 Å². The standard InChI is InChI=1S/C60H44N12O23S6.3O3S/c1-28-18-48(31(27-73)22-47(28)68-70-49-24-34(96(78,79)80)20-30-21-35(97(81,82)83)25-50(74)54(30)49)69-72-56-53(100(90,91)92)26-40-39(59(56)77)12-17-46(60(40)101(93,94)95)67-71-55-37-10-16-45(58(76)38(37)11-15-43(55)62-32-8-13-41(61)52(23-32)99(87,88)89)65-63-33-7-9-36-29(19-33)6-14-44(57(36)75)66-64-42-4-2-3-5-51(42)98(84,85)86;3*1-4(2)3/h2-26,62,73-77H,27,61H2,1H3,(H,78,79,80)(H,81,82,83)(H,84,85,86)(H,87,88,89)(H,90,91,92)(H,93,94,95);;;. The fourth-order valence-corrected chi connectivity index (χ4v) is 14.0. The highest BCUT2D eigenvalue weighted by molar-refractivity contribution is 7.87. The molecular formula is C60H44N12O32S9. The molecule has 53 heteroatoms. The third-order valence-corrected chi connectivity index (χ3v) is 20.2. The van der Waals surface area contributed by atoms with Crippen LogP contribution in [0.25, 0.3) is 43.1 Å². The number of aliphatic hydroxyl groups is 1. The molecule has 113 heavy (non-hydrogen) atoms. The number of phenols is 4. The molecule has 11 rings (SSSR count). The summed E-state index contributed by atoms with van der Waals surface area (Å²) in [7, 11) is -40.1. The molecule has 0 radical (unpaired) electrons. The number of nitrogens with one attached hydrogen (secondary N) is 1. The SMILES string of the molecule is Cc1cc(N=Nc2c(S(=O)(=O)O)cc3c(S(=O)(=O)O)c(N=Nc4c(Nc5ccc(N)c(S(=O)(=O)O)c5)ccc5c(O)c(N=Nc6ccc7c(O)c(N=Nc8ccccc8S(=O)(=O)O)ccc7c6)ccc45)ccc3c2O)c(CO)cc1N=Nc1cc(S(=O)(=O)O)cc2cc(S(=O)(=O)O)cc(O)c12.O=S(=O)=O.O=S(=O)=O.O=S(=O)=O. The highest BCUT2D eigenvalue weighted by Gasteiger charge is 2.30. The first kappa shape index (κ1) is 86.1. The van der Waals surface area contributed by atoms with Gasteiger partial charge in [-0.05, 0) is 151 Å². The summed E-state index contributed by atoms with van der Waals surface area (Å²) in [6.07, 6.45) is 0. The zero-order valence-electron chi connectivity index (χ0n) is 55.4. The van der Waals surface area contributed by atoms with E-state index in [1.807, 2.05) is 0 Å². The van der Waals surface area contributed by atoms with Crippen LogP contribution in [0.4, 0.5) is 73.9 Å². The monoisotopic (exact) mass is 1730 g/mol. The van der Waals surface area contributed by atoms with Gasteiger partial charge in [0.25, 0.3) is 60.7 Å². The van der Waals surface area contributed by atoms with Gasteiger partial charge in [-0.15, -0.1) is 78.8 Å². The summed E-state index contributed by atoms with van der Waals surface area (Å²) in [4.78, 5) is -5.47. The maximum atomic E-state index is 13.5. The fourth-order valence-electron chi connectivity index (χ4n) is 10.2. The zero-order valence-corrected chi connectivity index (χ0v) is 62.7. The van der Waals surface area contributed by atoms with Gasteiger partial charge in [0.15, 0.2) is 17.2 Å². The molecule has 0 heterocycles. The average molecular weight is 1730 g/mol. The summed E-state index contributed by atoms with van der Waals surface area (Å²) in [5.74, 6) is -2.90. The van der Waals surface area contributed by atoms with E-state index in [9.17, 15) is 103 Å². The van der Waals surface area contributed by atoms with Gasteiger partial charge < -0.3 is 36.6 Å². The lowest BCUT2D eigenvalue weighted by Crippen LogP contribution is -2.04. The number of fused-ring (bicyclic) bond motifs is 4. The fraction of sp³-hybridized carbons (Fsp3) is 0.0333. The van der Waals surface area contributed by atoms with Gasteiger partial charge in [0.1, 0.15) is 59.5 Å². The quantitative estimate of drug-likeness (QED) is 0.0203. The molecule has 0 saturated heterocycles. The summed E-state index contributed by atoms with van der Waals surface area (Å²) in [6, 6.07) is 28.8. The van der Waals surface area contributed by atoms with Crippen molar-refractivity contribution < 1.29 is 141 Å². The second-order valence-electron chi connectivity index (χ2n) is 22.1. The Morgan fingerprint density at radius 3 is 1.45 bits per heavy atom. The summed E-state index contributed by atoms with van der Waals surface area (Å²) < 4.78 is 286. The van der Waals surface area contributed by atoms with Crippen LogP contribution in [0.3, 0.4) is 0 Å². The van der Waals surface area contributed by atoms with Crippen LogP contribution in [0.5, 0.6) is 23.0 Å². The molecule has 0 aliphatic carbocycles. The Kier molecular flexibility index (Phi) is 25.9. The normalized spacial score (nSPS) is 12.3. The number of aromatic hydroxyl groups is 4. The maximum absolute atomic E-state index is 13.5. The minimum absolute atomic E-state index is 0.00885. The van der Waals surface area contributed by atoms with E-state index in [0.717, 1.165) is 54.6 Å². The van der Waals surface area contributed by atoms with E-state index in [-0.39, 0.29) is 101 Å². The highest BCUT2D eigenvalue weighted by Crippen LogP contribution is 2.49. The van der Waals surface area contributed by atoms with E-state index in [0.29, 0.717) is 17.5 Å². The van der Waals surface area contributed by atoms with Gasteiger partial charge >= 0.3 is 31.8 Å². The minimum atomic E-state index is -5.62. The Morgan fingerprint density at radius 1 is 0.372 bits per heavy atom. The first-order valence-electron chi connectivity index (χ1n) is 29.4. The molecule has 11 aromatic rings. The smallest absolute Gasteiger partial charge is 0.425 e. The molecular weight excluding hydrogens is 1690 g/mol. The molecule has 0 bridgehead atoms. The number of nitrogen functional groups attached to an aromatic ring is 1. The van der Waals surface area contributed by atoms with Crippen LogP contribution in [0.2, 0.25) is 0 Å². The molecule has 0 aliphatic heterocycles. The summed E-state index contributed by atoms with van der Waals surface area (Å²) in [6.45, 7) is 0.521. The zero-order chi connectivity index (χ0) is 83.9. The van der Waals surface area contributed by atoms with Gasteiger partial charge in [-0.25, -0.2) is 0 Å². The molecule has 11 aromatic carbocycles. The van der Waals surface area contributed by atoms with Crippen molar-refractivity contribution in [2.45, 2.75) is 42.9 Å². The van der Waals surface area contributed by atoms with Gasteiger partial charge in [-0.1, -0.05) is 18.2 Å². The van der Waals surface area contributed by atoms with Crippen molar-refractivity contribution in [2.75, 3.05) is 11.1 Å². The number of hydrogen-bond donors (Lipinski definition) is 13. The number of anilines is 3. The van der Waals surface area contributed by atoms with Crippen molar-refractivity contribution in [3.05, 3.63) is 163 Å². The van der Waals surface area contributed by atoms with Gasteiger partial charge in [0.2, 0.25) is 0 Å². The number of rotatable bonds is 19.